The van der Waals surface area contributed by atoms with E-state index in [1.807, 2.05) is 11.0 Å². The molecular formula is C18H26N4O3. The van der Waals surface area contributed by atoms with E-state index in [1.165, 1.54) is 0 Å². The highest BCUT2D eigenvalue weighted by atomic mass is 16.5. The monoisotopic (exact) mass is 346 g/mol. The van der Waals surface area contributed by atoms with Crippen LogP contribution in [0.2, 0.25) is 0 Å². The molecule has 1 amide bonds. The van der Waals surface area contributed by atoms with Crippen LogP contribution in [0.15, 0.2) is 18.5 Å². The van der Waals surface area contributed by atoms with Crippen molar-refractivity contribution in [3.8, 4) is 0 Å². The van der Waals surface area contributed by atoms with Crippen molar-refractivity contribution in [1.29, 1.82) is 0 Å². The summed E-state index contributed by atoms with van der Waals surface area (Å²) >= 11 is 0. The summed E-state index contributed by atoms with van der Waals surface area (Å²) in [5, 5.41) is 0. The van der Waals surface area contributed by atoms with Gasteiger partial charge in [-0.2, -0.15) is 0 Å². The third kappa shape index (κ3) is 3.62. The van der Waals surface area contributed by atoms with E-state index in [0.717, 1.165) is 44.8 Å². The molecule has 0 radical (unpaired) electrons. The van der Waals surface area contributed by atoms with Crippen molar-refractivity contribution < 1.29 is 14.3 Å². The van der Waals surface area contributed by atoms with E-state index in [1.54, 1.807) is 12.4 Å². The summed E-state index contributed by atoms with van der Waals surface area (Å²) in [6, 6.07) is 1.83. The van der Waals surface area contributed by atoms with Crippen LogP contribution in [0.4, 0.5) is 5.95 Å². The molecule has 136 valence electrons. The summed E-state index contributed by atoms with van der Waals surface area (Å²) in [5.41, 5.74) is -0.0173. The van der Waals surface area contributed by atoms with Crippen molar-refractivity contribution in [3.63, 3.8) is 0 Å². The fourth-order valence-electron chi connectivity index (χ4n) is 4.19. The fourth-order valence-corrected chi connectivity index (χ4v) is 4.19. The molecule has 0 aromatic carbocycles. The van der Waals surface area contributed by atoms with Crippen molar-refractivity contribution in [2.24, 2.45) is 11.3 Å². The predicted molar refractivity (Wildman–Crippen MR) is 92.2 cm³/mol. The molecule has 25 heavy (non-hydrogen) atoms. The van der Waals surface area contributed by atoms with Gasteiger partial charge in [-0.3, -0.25) is 4.79 Å². The second-order valence-electron chi connectivity index (χ2n) is 7.42. The van der Waals surface area contributed by atoms with Crippen LogP contribution in [0.1, 0.15) is 19.3 Å². The van der Waals surface area contributed by atoms with Crippen molar-refractivity contribution in [3.05, 3.63) is 18.5 Å². The van der Waals surface area contributed by atoms with E-state index < -0.39 is 0 Å². The van der Waals surface area contributed by atoms with Crippen LogP contribution >= 0.6 is 0 Å². The van der Waals surface area contributed by atoms with Crippen LogP contribution in [-0.2, 0) is 14.3 Å². The van der Waals surface area contributed by atoms with Gasteiger partial charge in [0.05, 0.1) is 13.2 Å². The first-order valence-electron chi connectivity index (χ1n) is 9.22. The maximum atomic E-state index is 13.0. The highest BCUT2D eigenvalue weighted by Crippen LogP contribution is 2.35. The van der Waals surface area contributed by atoms with Gasteiger partial charge in [0.25, 0.3) is 0 Å². The highest BCUT2D eigenvalue weighted by molar-refractivity contribution is 5.79. The molecule has 1 aromatic rings. The summed E-state index contributed by atoms with van der Waals surface area (Å²) in [6.45, 7) is 5.94. The van der Waals surface area contributed by atoms with E-state index in [9.17, 15) is 4.79 Å². The Labute approximate surface area is 148 Å². The highest BCUT2D eigenvalue weighted by Gasteiger charge is 2.43. The number of amides is 1. The first-order chi connectivity index (χ1) is 12.3. The minimum absolute atomic E-state index is 0.0173. The minimum atomic E-state index is -0.0173. The van der Waals surface area contributed by atoms with Gasteiger partial charge >= 0.3 is 0 Å². The molecule has 7 nitrogen and oxygen atoms in total. The number of ether oxygens (including phenoxy) is 2. The summed E-state index contributed by atoms with van der Waals surface area (Å²) in [4.78, 5) is 26.0. The Morgan fingerprint density at radius 3 is 2.68 bits per heavy atom. The van der Waals surface area contributed by atoms with Gasteiger partial charge in [0, 0.05) is 63.1 Å². The number of rotatable bonds is 2. The lowest BCUT2D eigenvalue weighted by Crippen LogP contribution is -2.46. The standard InChI is InChI=1S/C18H26N4O3/c23-16(15-2-9-24-10-3-15)21-8-11-25-14-18(12-21)4-7-22(13-18)17-19-5-1-6-20-17/h1,5-6,15H,2-4,7-14H2. The van der Waals surface area contributed by atoms with Crippen molar-refractivity contribution >= 4 is 11.9 Å². The normalized spacial score (nSPS) is 28.3. The van der Waals surface area contributed by atoms with Crippen molar-refractivity contribution in [2.75, 3.05) is 57.5 Å². The van der Waals surface area contributed by atoms with E-state index >= 15 is 0 Å². The Hall–Kier alpha value is -1.73. The number of nitrogens with zero attached hydrogens (tertiary/aromatic N) is 4. The number of carbonyl (C=O) groups excluding carboxylic acids is 1. The number of hydrogen-bond donors (Lipinski definition) is 0. The first-order valence-corrected chi connectivity index (χ1v) is 9.22. The van der Waals surface area contributed by atoms with Gasteiger partial charge in [-0.15, -0.1) is 0 Å². The molecule has 0 aliphatic carbocycles. The molecule has 7 heteroatoms. The lowest BCUT2D eigenvalue weighted by Gasteiger charge is -2.34. The SMILES string of the molecule is O=C(C1CCOCC1)N1CCOCC2(CCN(c3ncccn3)C2)C1. The Kier molecular flexibility index (Phi) is 4.85. The van der Waals surface area contributed by atoms with Gasteiger partial charge in [-0.25, -0.2) is 9.97 Å². The van der Waals surface area contributed by atoms with Crippen LogP contribution in [-0.4, -0.2) is 73.4 Å². The molecule has 0 N–H and O–H groups in total. The van der Waals surface area contributed by atoms with Gasteiger partial charge in [0.1, 0.15) is 0 Å². The molecule has 4 heterocycles. The summed E-state index contributed by atoms with van der Waals surface area (Å²) in [6.07, 6.45) is 6.24. The topological polar surface area (TPSA) is 67.8 Å². The smallest absolute Gasteiger partial charge is 0.225 e. The molecule has 1 unspecified atom stereocenters. The first kappa shape index (κ1) is 16.7. The second kappa shape index (κ2) is 7.25. The zero-order valence-corrected chi connectivity index (χ0v) is 14.6. The fraction of sp³-hybridized carbons (Fsp3) is 0.722. The number of carbonyl (C=O) groups is 1. The van der Waals surface area contributed by atoms with Gasteiger partial charge in [0.15, 0.2) is 0 Å². The number of hydrogen-bond acceptors (Lipinski definition) is 6. The molecule has 1 spiro atoms. The number of aromatic nitrogens is 2. The quantitative estimate of drug-likeness (QED) is 0.795. The molecule has 3 saturated heterocycles. The van der Waals surface area contributed by atoms with Crippen LogP contribution in [0, 0.1) is 11.3 Å². The van der Waals surface area contributed by atoms with Crippen molar-refractivity contribution in [2.45, 2.75) is 19.3 Å². The van der Waals surface area contributed by atoms with Gasteiger partial charge in [-0.05, 0) is 25.3 Å². The van der Waals surface area contributed by atoms with E-state index in [2.05, 4.69) is 14.9 Å². The Bertz CT molecular complexity index is 593. The molecule has 3 aliphatic rings. The van der Waals surface area contributed by atoms with Gasteiger partial charge < -0.3 is 19.3 Å². The van der Waals surface area contributed by atoms with Crippen LogP contribution in [0.3, 0.4) is 0 Å². The van der Waals surface area contributed by atoms with E-state index in [0.29, 0.717) is 33.0 Å². The molecule has 1 aromatic heterocycles. The average Bonchev–Trinajstić information content (AvgIpc) is 2.97. The molecule has 1 atom stereocenters. The van der Waals surface area contributed by atoms with Crippen LogP contribution < -0.4 is 4.90 Å². The zero-order valence-electron chi connectivity index (χ0n) is 14.6. The zero-order chi connectivity index (χ0) is 17.1. The average molecular weight is 346 g/mol. The van der Waals surface area contributed by atoms with Crippen molar-refractivity contribution in [1.82, 2.24) is 14.9 Å². The lowest BCUT2D eigenvalue weighted by atomic mass is 9.87. The Balaban J connectivity index is 1.45. The van der Waals surface area contributed by atoms with Crippen LogP contribution in [0.5, 0.6) is 0 Å². The largest absolute Gasteiger partial charge is 0.381 e. The Morgan fingerprint density at radius 1 is 1.08 bits per heavy atom. The number of anilines is 1. The predicted octanol–water partition coefficient (Wildman–Crippen LogP) is 0.958. The molecule has 0 bridgehead atoms. The third-order valence-corrected chi connectivity index (χ3v) is 5.60. The van der Waals surface area contributed by atoms with E-state index in [-0.39, 0.29) is 17.2 Å². The summed E-state index contributed by atoms with van der Waals surface area (Å²) < 4.78 is 11.3. The minimum Gasteiger partial charge on any atom is -0.381 e. The molecular weight excluding hydrogens is 320 g/mol. The van der Waals surface area contributed by atoms with Gasteiger partial charge in [0.2, 0.25) is 11.9 Å². The third-order valence-electron chi connectivity index (χ3n) is 5.60. The summed E-state index contributed by atoms with van der Waals surface area (Å²) in [5.74, 6) is 1.16. The Morgan fingerprint density at radius 2 is 1.88 bits per heavy atom. The molecule has 4 rings (SSSR count). The van der Waals surface area contributed by atoms with Crippen LogP contribution in [0.25, 0.3) is 0 Å². The maximum absolute atomic E-state index is 13.0. The second-order valence-corrected chi connectivity index (χ2v) is 7.42. The maximum Gasteiger partial charge on any atom is 0.225 e. The van der Waals surface area contributed by atoms with E-state index in [4.69, 9.17) is 9.47 Å². The molecule has 3 aliphatic heterocycles. The molecule has 0 saturated carbocycles. The molecule has 3 fully saturated rings. The summed E-state index contributed by atoms with van der Waals surface area (Å²) in [7, 11) is 0. The van der Waals surface area contributed by atoms with Gasteiger partial charge in [-0.1, -0.05) is 0 Å². The lowest BCUT2D eigenvalue weighted by molar-refractivity contribution is -0.139.